The number of hydrogen-bond donors (Lipinski definition) is 3. The third-order valence-corrected chi connectivity index (χ3v) is 15.4. The Morgan fingerprint density at radius 2 is 0.611 bits per heavy atom. The van der Waals surface area contributed by atoms with Crippen molar-refractivity contribution < 1.29 is 15.0 Å². The highest BCUT2D eigenvalue weighted by Crippen LogP contribution is 2.19. The summed E-state index contributed by atoms with van der Waals surface area (Å²) in [6.07, 6.45) is 88.6. The van der Waals surface area contributed by atoms with Gasteiger partial charge in [-0.2, -0.15) is 0 Å². The Balaban J connectivity index is 3.40. The van der Waals surface area contributed by atoms with Gasteiger partial charge in [-0.05, 0) is 51.4 Å². The van der Waals surface area contributed by atoms with E-state index in [1.165, 1.54) is 283 Å². The molecule has 0 heterocycles. The number of rotatable bonds is 61. The van der Waals surface area contributed by atoms with E-state index in [2.05, 4.69) is 67.8 Å². The number of allylic oxidation sites excluding steroid dienone is 8. The summed E-state index contributed by atoms with van der Waals surface area (Å²) >= 11 is 0. The Hall–Kier alpha value is -1.65. The van der Waals surface area contributed by atoms with Crippen molar-refractivity contribution in [3.05, 3.63) is 48.6 Å². The second kappa shape index (κ2) is 63.6. The zero-order chi connectivity index (χ0) is 52.0. The molecule has 0 saturated heterocycles. The quantitative estimate of drug-likeness (QED) is 0.0420. The molecule has 0 aromatic heterocycles. The normalized spacial score (nSPS) is 13.0. The predicted octanol–water partition coefficient (Wildman–Crippen LogP) is 22.2. The van der Waals surface area contributed by atoms with E-state index < -0.39 is 12.1 Å². The molecule has 0 aromatic carbocycles. The lowest BCUT2D eigenvalue weighted by atomic mass is 10.0. The number of hydrogen-bond acceptors (Lipinski definition) is 3. The molecule has 1 amide bonds. The van der Waals surface area contributed by atoms with Crippen molar-refractivity contribution in [3.8, 4) is 0 Å². The van der Waals surface area contributed by atoms with Crippen LogP contribution in [0, 0.1) is 0 Å². The number of aliphatic hydroxyl groups excluding tert-OH is 2. The van der Waals surface area contributed by atoms with Gasteiger partial charge in [0.1, 0.15) is 0 Å². The van der Waals surface area contributed by atoms with Gasteiger partial charge >= 0.3 is 0 Å². The van der Waals surface area contributed by atoms with Crippen LogP contribution in [0.2, 0.25) is 0 Å². The van der Waals surface area contributed by atoms with E-state index in [9.17, 15) is 15.0 Å². The fourth-order valence-corrected chi connectivity index (χ4v) is 10.4. The molecule has 0 fully saturated rings. The first-order valence-corrected chi connectivity index (χ1v) is 32.8. The molecule has 0 aliphatic heterocycles. The van der Waals surface area contributed by atoms with Gasteiger partial charge in [-0.25, -0.2) is 0 Å². The maximum absolute atomic E-state index is 12.5. The first-order chi connectivity index (χ1) is 35.7. The van der Waals surface area contributed by atoms with E-state index >= 15 is 0 Å². The summed E-state index contributed by atoms with van der Waals surface area (Å²) in [5, 5.41) is 23.4. The lowest BCUT2D eigenvalue weighted by Crippen LogP contribution is -2.45. The van der Waals surface area contributed by atoms with E-state index in [4.69, 9.17) is 0 Å². The summed E-state index contributed by atoms with van der Waals surface area (Å²) in [6, 6.07) is -0.539. The van der Waals surface area contributed by atoms with E-state index in [1.807, 2.05) is 0 Å². The minimum absolute atomic E-state index is 0.0277. The maximum Gasteiger partial charge on any atom is 0.220 e. The zero-order valence-corrected chi connectivity index (χ0v) is 49.0. The lowest BCUT2D eigenvalue weighted by molar-refractivity contribution is -0.123. The largest absolute Gasteiger partial charge is 0.394 e. The highest BCUT2D eigenvalue weighted by Gasteiger charge is 2.20. The van der Waals surface area contributed by atoms with E-state index in [0.717, 1.165) is 51.4 Å². The van der Waals surface area contributed by atoms with Crippen molar-refractivity contribution in [2.75, 3.05) is 6.61 Å². The third-order valence-electron chi connectivity index (χ3n) is 15.4. The monoisotopic (exact) mass is 1010 g/mol. The second-order valence-corrected chi connectivity index (χ2v) is 22.5. The van der Waals surface area contributed by atoms with Gasteiger partial charge in [-0.1, -0.05) is 351 Å². The first-order valence-electron chi connectivity index (χ1n) is 32.8. The smallest absolute Gasteiger partial charge is 0.220 e. The second-order valence-electron chi connectivity index (χ2n) is 22.5. The predicted molar refractivity (Wildman–Crippen MR) is 322 cm³/mol. The molecule has 0 saturated carbocycles. The Bertz CT molecular complexity index is 1140. The fourth-order valence-electron chi connectivity index (χ4n) is 10.4. The van der Waals surface area contributed by atoms with Crippen LogP contribution in [0.5, 0.6) is 0 Å². The number of carbonyl (C=O) groups is 1. The molecular weight excluding hydrogens is 879 g/mol. The Morgan fingerprint density at radius 1 is 0.347 bits per heavy atom. The van der Waals surface area contributed by atoms with Crippen molar-refractivity contribution in [2.24, 2.45) is 0 Å². The molecule has 72 heavy (non-hydrogen) atoms. The minimum atomic E-state index is -0.663. The molecule has 2 atom stereocenters. The number of nitrogens with one attached hydrogen (secondary N) is 1. The van der Waals surface area contributed by atoms with Crippen LogP contribution in [0.15, 0.2) is 48.6 Å². The molecule has 424 valence electrons. The van der Waals surface area contributed by atoms with Crippen LogP contribution in [-0.2, 0) is 4.79 Å². The number of carbonyl (C=O) groups excluding carboxylic acids is 1. The molecule has 0 aliphatic carbocycles. The minimum Gasteiger partial charge on any atom is -0.394 e. The third kappa shape index (κ3) is 59.2. The number of amides is 1. The fraction of sp³-hybridized carbons (Fsp3) is 0.868. The van der Waals surface area contributed by atoms with E-state index in [1.54, 1.807) is 0 Å². The van der Waals surface area contributed by atoms with Gasteiger partial charge in [0, 0.05) is 6.42 Å². The Kier molecular flexibility index (Phi) is 62.2. The SMILES string of the molecule is CC/C=C\C/C=C\C/C=C\C/C=C\CCCCCCCCCCCCCCCCC(=O)NC(CO)C(O)CCCCCCCCCCCCCCCCCCCCCCCCCCCCCCCCCCC. The highest BCUT2D eigenvalue weighted by molar-refractivity contribution is 5.76. The number of aliphatic hydroxyl groups is 2. The molecule has 3 N–H and O–H groups in total. The van der Waals surface area contributed by atoms with E-state index in [-0.39, 0.29) is 12.5 Å². The molecule has 0 radical (unpaired) electrons. The van der Waals surface area contributed by atoms with Crippen molar-refractivity contribution >= 4 is 5.91 Å². The average molecular weight is 1010 g/mol. The van der Waals surface area contributed by atoms with Gasteiger partial charge in [0.2, 0.25) is 5.91 Å². The van der Waals surface area contributed by atoms with Gasteiger partial charge in [0.25, 0.3) is 0 Å². The summed E-state index contributed by atoms with van der Waals surface area (Å²) in [5.74, 6) is -0.0277. The molecule has 0 aromatic rings. The first kappa shape index (κ1) is 70.3. The Morgan fingerprint density at radius 3 is 0.917 bits per heavy atom. The van der Waals surface area contributed by atoms with Gasteiger partial charge in [-0.3, -0.25) is 4.79 Å². The van der Waals surface area contributed by atoms with Crippen LogP contribution < -0.4 is 5.32 Å². The molecule has 2 unspecified atom stereocenters. The van der Waals surface area contributed by atoms with E-state index in [0.29, 0.717) is 12.8 Å². The lowest BCUT2D eigenvalue weighted by Gasteiger charge is -2.22. The average Bonchev–Trinajstić information content (AvgIpc) is 3.39. The molecule has 0 aliphatic rings. The van der Waals surface area contributed by atoms with Gasteiger partial charge in [-0.15, -0.1) is 0 Å². The van der Waals surface area contributed by atoms with Crippen molar-refractivity contribution in [1.82, 2.24) is 5.32 Å². The topological polar surface area (TPSA) is 69.6 Å². The summed E-state index contributed by atoms with van der Waals surface area (Å²) in [4.78, 5) is 12.5. The molecule has 0 spiro atoms. The van der Waals surface area contributed by atoms with Crippen LogP contribution in [0.1, 0.15) is 361 Å². The Labute approximate surface area is 452 Å². The van der Waals surface area contributed by atoms with Gasteiger partial charge in [0.05, 0.1) is 18.8 Å². The van der Waals surface area contributed by atoms with Crippen molar-refractivity contribution in [2.45, 2.75) is 373 Å². The van der Waals surface area contributed by atoms with Crippen LogP contribution >= 0.6 is 0 Å². The van der Waals surface area contributed by atoms with Gasteiger partial charge < -0.3 is 15.5 Å². The van der Waals surface area contributed by atoms with Crippen LogP contribution in [0.25, 0.3) is 0 Å². The summed E-state index contributed by atoms with van der Waals surface area (Å²) in [7, 11) is 0. The van der Waals surface area contributed by atoms with Crippen molar-refractivity contribution in [3.63, 3.8) is 0 Å². The standard InChI is InChI=1S/C68H129NO3/c1-3-5-7-9-11-13-15-17-19-21-23-25-27-29-31-32-33-34-35-36-38-39-41-43-45-47-49-51-53-55-57-59-61-63-67(71)66(65-70)69-68(72)64-62-60-58-56-54-52-50-48-46-44-42-40-37-30-28-26-24-22-20-18-16-14-12-10-8-6-4-2/h6,8,12,14,18,20,24,26,66-67,70-71H,3-5,7,9-11,13,15-17,19,21-23,25,27-65H2,1-2H3,(H,69,72)/b8-6-,14-12-,20-18-,26-24-. The summed E-state index contributed by atoms with van der Waals surface area (Å²) < 4.78 is 0. The molecule has 0 bridgehead atoms. The summed E-state index contributed by atoms with van der Waals surface area (Å²) in [5.41, 5.74) is 0. The molecule has 4 nitrogen and oxygen atoms in total. The van der Waals surface area contributed by atoms with Crippen LogP contribution in [-0.4, -0.2) is 34.9 Å². The molecular formula is C68H129NO3. The molecule has 4 heteroatoms. The van der Waals surface area contributed by atoms with Crippen molar-refractivity contribution in [1.29, 1.82) is 0 Å². The molecule has 0 rings (SSSR count). The van der Waals surface area contributed by atoms with Crippen LogP contribution in [0.3, 0.4) is 0 Å². The van der Waals surface area contributed by atoms with Crippen LogP contribution in [0.4, 0.5) is 0 Å². The van der Waals surface area contributed by atoms with Gasteiger partial charge in [0.15, 0.2) is 0 Å². The maximum atomic E-state index is 12.5. The zero-order valence-electron chi connectivity index (χ0n) is 49.0. The highest BCUT2D eigenvalue weighted by atomic mass is 16.3. The number of unbranched alkanes of at least 4 members (excludes halogenated alkanes) is 46. The summed E-state index contributed by atoms with van der Waals surface area (Å²) in [6.45, 7) is 4.28.